The fourth-order valence-electron chi connectivity index (χ4n) is 2.76. The van der Waals surface area contributed by atoms with Crippen molar-refractivity contribution in [1.29, 1.82) is 0 Å². The van der Waals surface area contributed by atoms with Gasteiger partial charge in [-0.3, -0.25) is 11.3 Å². The summed E-state index contributed by atoms with van der Waals surface area (Å²) in [5.74, 6) is 5.72. The molecule has 0 saturated carbocycles. The van der Waals surface area contributed by atoms with Gasteiger partial charge in [-0.25, -0.2) is 0 Å². The number of hydrogen-bond acceptors (Lipinski definition) is 3. The smallest absolute Gasteiger partial charge is 0.0575 e. The number of aryl methyl sites for hydroxylation is 1. The van der Waals surface area contributed by atoms with Gasteiger partial charge in [-0.2, -0.15) is 0 Å². The van der Waals surface area contributed by atoms with Crippen molar-refractivity contribution in [2.75, 3.05) is 6.61 Å². The van der Waals surface area contributed by atoms with Gasteiger partial charge in [0.25, 0.3) is 0 Å². The molecule has 1 heterocycles. The van der Waals surface area contributed by atoms with Crippen LogP contribution in [-0.4, -0.2) is 12.7 Å². The van der Waals surface area contributed by atoms with Crippen molar-refractivity contribution < 1.29 is 4.74 Å². The SMILES string of the molecule is CCc1cccc(C(CCC2CCCCO2)NN)c1. The van der Waals surface area contributed by atoms with E-state index in [4.69, 9.17) is 10.6 Å². The molecule has 0 aliphatic carbocycles. The van der Waals surface area contributed by atoms with Crippen molar-refractivity contribution in [3.63, 3.8) is 0 Å². The van der Waals surface area contributed by atoms with E-state index in [1.807, 2.05) is 0 Å². The minimum atomic E-state index is 0.233. The van der Waals surface area contributed by atoms with E-state index >= 15 is 0 Å². The monoisotopic (exact) mass is 262 g/mol. The Kier molecular flexibility index (Phi) is 5.83. The average molecular weight is 262 g/mol. The van der Waals surface area contributed by atoms with E-state index in [0.717, 1.165) is 25.9 Å². The first-order valence-corrected chi connectivity index (χ1v) is 7.50. The lowest BCUT2D eigenvalue weighted by Gasteiger charge is -2.25. The first-order chi connectivity index (χ1) is 9.33. The van der Waals surface area contributed by atoms with E-state index in [0.29, 0.717) is 6.10 Å². The molecule has 1 aromatic carbocycles. The molecule has 3 heteroatoms. The maximum absolute atomic E-state index is 5.79. The first kappa shape index (κ1) is 14.5. The summed E-state index contributed by atoms with van der Waals surface area (Å²) in [6, 6.07) is 8.94. The maximum Gasteiger partial charge on any atom is 0.0575 e. The van der Waals surface area contributed by atoms with E-state index in [1.54, 1.807) is 0 Å². The van der Waals surface area contributed by atoms with Crippen molar-refractivity contribution in [1.82, 2.24) is 5.43 Å². The van der Waals surface area contributed by atoms with Crippen molar-refractivity contribution in [2.45, 2.75) is 57.6 Å². The Bertz CT molecular complexity index is 375. The molecule has 0 amide bonds. The summed E-state index contributed by atoms with van der Waals surface area (Å²) < 4.78 is 5.79. The van der Waals surface area contributed by atoms with Crippen LogP contribution in [0.15, 0.2) is 24.3 Å². The molecule has 2 unspecified atom stereocenters. The van der Waals surface area contributed by atoms with Crippen molar-refractivity contribution in [2.24, 2.45) is 5.84 Å². The van der Waals surface area contributed by atoms with Crippen LogP contribution in [0.25, 0.3) is 0 Å². The van der Waals surface area contributed by atoms with Crippen LogP contribution in [0.4, 0.5) is 0 Å². The van der Waals surface area contributed by atoms with Crippen LogP contribution in [0, 0.1) is 0 Å². The minimum Gasteiger partial charge on any atom is -0.378 e. The average Bonchev–Trinajstić information content (AvgIpc) is 2.49. The van der Waals surface area contributed by atoms with E-state index in [-0.39, 0.29) is 6.04 Å². The summed E-state index contributed by atoms with van der Waals surface area (Å²) in [5.41, 5.74) is 5.61. The standard InChI is InChI=1S/C16H26N2O/c1-2-13-6-5-7-14(12-13)16(18-17)10-9-15-8-3-4-11-19-15/h5-7,12,15-16,18H,2-4,8-11,17H2,1H3. The summed E-state index contributed by atoms with van der Waals surface area (Å²) in [6.07, 6.45) is 7.34. The van der Waals surface area contributed by atoms with Gasteiger partial charge in [0, 0.05) is 12.6 Å². The molecular weight excluding hydrogens is 236 g/mol. The molecule has 0 bridgehead atoms. The van der Waals surface area contributed by atoms with Crippen LogP contribution >= 0.6 is 0 Å². The normalized spacial score (nSPS) is 21.3. The van der Waals surface area contributed by atoms with Crippen molar-refractivity contribution in [3.8, 4) is 0 Å². The van der Waals surface area contributed by atoms with Gasteiger partial charge in [0.1, 0.15) is 0 Å². The largest absolute Gasteiger partial charge is 0.378 e. The highest BCUT2D eigenvalue weighted by Crippen LogP contribution is 2.24. The molecule has 1 aromatic rings. The first-order valence-electron chi connectivity index (χ1n) is 7.50. The molecular formula is C16H26N2O. The molecule has 1 aliphatic rings. The minimum absolute atomic E-state index is 0.233. The van der Waals surface area contributed by atoms with Crippen LogP contribution in [0.5, 0.6) is 0 Å². The Morgan fingerprint density at radius 1 is 1.42 bits per heavy atom. The zero-order valence-electron chi connectivity index (χ0n) is 11.9. The van der Waals surface area contributed by atoms with Crippen LogP contribution in [0.3, 0.4) is 0 Å². The lowest BCUT2D eigenvalue weighted by molar-refractivity contribution is 0.00854. The van der Waals surface area contributed by atoms with E-state index in [2.05, 4.69) is 36.6 Å². The van der Waals surface area contributed by atoms with Gasteiger partial charge in [0.2, 0.25) is 0 Å². The second-order valence-corrected chi connectivity index (χ2v) is 5.38. The fourth-order valence-corrected chi connectivity index (χ4v) is 2.76. The molecule has 3 nitrogen and oxygen atoms in total. The third-order valence-corrected chi connectivity index (χ3v) is 4.01. The highest BCUT2D eigenvalue weighted by molar-refractivity contribution is 5.26. The summed E-state index contributed by atoms with van der Waals surface area (Å²) in [6.45, 7) is 3.11. The highest BCUT2D eigenvalue weighted by atomic mass is 16.5. The lowest BCUT2D eigenvalue weighted by Crippen LogP contribution is -2.29. The van der Waals surface area contributed by atoms with Gasteiger partial charge < -0.3 is 4.74 Å². The van der Waals surface area contributed by atoms with Gasteiger partial charge in [-0.05, 0) is 49.7 Å². The predicted octanol–water partition coefficient (Wildman–Crippen LogP) is 3.10. The molecule has 0 aromatic heterocycles. The molecule has 3 N–H and O–H groups in total. The third-order valence-electron chi connectivity index (χ3n) is 4.01. The molecule has 2 atom stereocenters. The Morgan fingerprint density at radius 3 is 3.00 bits per heavy atom. The van der Waals surface area contributed by atoms with Crippen LogP contribution < -0.4 is 11.3 Å². The van der Waals surface area contributed by atoms with Gasteiger partial charge in [0.05, 0.1) is 6.10 Å². The van der Waals surface area contributed by atoms with Crippen LogP contribution in [-0.2, 0) is 11.2 Å². The molecule has 106 valence electrons. The van der Waals surface area contributed by atoms with Gasteiger partial charge in [-0.15, -0.1) is 0 Å². The predicted molar refractivity (Wildman–Crippen MR) is 78.7 cm³/mol. The Balaban J connectivity index is 1.91. The number of ether oxygens (including phenoxy) is 1. The molecule has 0 spiro atoms. The van der Waals surface area contributed by atoms with Gasteiger partial charge >= 0.3 is 0 Å². The van der Waals surface area contributed by atoms with E-state index in [9.17, 15) is 0 Å². The molecule has 19 heavy (non-hydrogen) atoms. The number of benzene rings is 1. The number of nitrogens with one attached hydrogen (secondary N) is 1. The number of hydrazine groups is 1. The topological polar surface area (TPSA) is 47.3 Å². The highest BCUT2D eigenvalue weighted by Gasteiger charge is 2.17. The number of nitrogens with two attached hydrogens (primary N) is 1. The van der Waals surface area contributed by atoms with Crippen molar-refractivity contribution >= 4 is 0 Å². The molecule has 1 saturated heterocycles. The van der Waals surface area contributed by atoms with E-state index in [1.165, 1.54) is 30.4 Å². The van der Waals surface area contributed by atoms with Crippen molar-refractivity contribution in [3.05, 3.63) is 35.4 Å². The molecule has 0 radical (unpaired) electrons. The molecule has 2 rings (SSSR count). The quantitative estimate of drug-likeness (QED) is 0.612. The zero-order chi connectivity index (χ0) is 13.5. The third kappa shape index (κ3) is 4.30. The molecule has 1 aliphatic heterocycles. The summed E-state index contributed by atoms with van der Waals surface area (Å²) >= 11 is 0. The van der Waals surface area contributed by atoms with Gasteiger partial charge in [-0.1, -0.05) is 31.2 Å². The second-order valence-electron chi connectivity index (χ2n) is 5.38. The molecule has 1 fully saturated rings. The lowest BCUT2D eigenvalue weighted by atomic mass is 9.96. The maximum atomic E-state index is 5.79. The fraction of sp³-hybridized carbons (Fsp3) is 0.625. The Labute approximate surface area is 116 Å². The van der Waals surface area contributed by atoms with Crippen LogP contribution in [0.2, 0.25) is 0 Å². The second kappa shape index (κ2) is 7.63. The summed E-state index contributed by atoms with van der Waals surface area (Å²) in [4.78, 5) is 0. The zero-order valence-corrected chi connectivity index (χ0v) is 11.9. The van der Waals surface area contributed by atoms with Crippen LogP contribution in [0.1, 0.15) is 56.2 Å². The Hall–Kier alpha value is -0.900. The van der Waals surface area contributed by atoms with E-state index < -0.39 is 0 Å². The van der Waals surface area contributed by atoms with Gasteiger partial charge in [0.15, 0.2) is 0 Å². The number of rotatable bonds is 6. The Morgan fingerprint density at radius 2 is 2.32 bits per heavy atom. The summed E-state index contributed by atoms with van der Waals surface area (Å²) in [5, 5.41) is 0. The summed E-state index contributed by atoms with van der Waals surface area (Å²) in [7, 11) is 0. The number of hydrogen-bond donors (Lipinski definition) is 2.